The number of carboxylic acid groups (broad SMARTS) is 1. The van der Waals surface area contributed by atoms with Gasteiger partial charge in [-0.05, 0) is 49.1 Å². The maximum Gasteiger partial charge on any atom is 0.337 e. The highest BCUT2D eigenvalue weighted by atomic mass is 35.5. The van der Waals surface area contributed by atoms with Crippen LogP contribution in [0.3, 0.4) is 0 Å². The van der Waals surface area contributed by atoms with Gasteiger partial charge >= 0.3 is 5.97 Å². The Balaban J connectivity index is 0.000000532. The lowest BCUT2D eigenvalue weighted by Crippen LogP contribution is -3.00. The molecule has 9 nitrogen and oxygen atoms in total. The molecule has 0 aliphatic carbocycles. The Morgan fingerprint density at radius 3 is 2.05 bits per heavy atom. The molecule has 4 rings (SSSR count). The standard InChI is InChI=1S/C23H18N2O4.C4H7NO2.ClH/c1-13-11-15(25(28)29)12-14(2)20(13)17-8-6-10-19-21(17)22(23(26)27)16-7-4-5-9-18(16)24(19)3;1-3(6)2-4(5)7;/h4-12H,1-3H3;2H2,1H3,(H2,5,7);1H. The number of ketones is 1. The number of aromatic carboxylic acids is 1. The van der Waals surface area contributed by atoms with Crippen LogP contribution in [0.25, 0.3) is 32.9 Å². The second-order valence-electron chi connectivity index (χ2n) is 8.51. The molecule has 0 spiro atoms. The zero-order valence-electron chi connectivity index (χ0n) is 20.7. The van der Waals surface area contributed by atoms with Crippen LogP contribution in [0.5, 0.6) is 0 Å². The van der Waals surface area contributed by atoms with E-state index in [0.29, 0.717) is 10.8 Å². The van der Waals surface area contributed by atoms with Crippen LogP contribution in [-0.2, 0) is 16.6 Å². The summed E-state index contributed by atoms with van der Waals surface area (Å²) in [6.07, 6.45) is -0.139. The fourth-order valence-electron chi connectivity index (χ4n) is 4.47. The second kappa shape index (κ2) is 11.6. The van der Waals surface area contributed by atoms with Crippen LogP contribution in [0.4, 0.5) is 5.69 Å². The number of carbonyl (C=O) groups is 3. The maximum atomic E-state index is 12.3. The number of aryl methyl sites for hydroxylation is 3. The number of aromatic nitrogens is 1. The van der Waals surface area contributed by atoms with Crippen LogP contribution in [0.1, 0.15) is 34.8 Å². The molecule has 0 aliphatic heterocycles. The molecule has 4 aromatic rings. The topological polar surface area (TPSA) is 144 Å². The number of halogens is 1. The molecule has 1 heterocycles. The molecule has 0 bridgehead atoms. The summed E-state index contributed by atoms with van der Waals surface area (Å²) in [6, 6.07) is 16.1. The molecular weight excluding hydrogens is 498 g/mol. The van der Waals surface area contributed by atoms with Crippen molar-refractivity contribution in [2.45, 2.75) is 27.2 Å². The largest absolute Gasteiger partial charge is 1.00 e. The Hall–Kier alpha value is -4.37. The fourth-order valence-corrected chi connectivity index (χ4v) is 4.47. The van der Waals surface area contributed by atoms with Gasteiger partial charge in [-0.15, -0.1) is 0 Å². The van der Waals surface area contributed by atoms with E-state index in [-0.39, 0.29) is 35.9 Å². The van der Waals surface area contributed by atoms with Crippen molar-refractivity contribution in [1.82, 2.24) is 0 Å². The highest BCUT2D eigenvalue weighted by Crippen LogP contribution is 2.38. The molecule has 0 saturated carbocycles. The lowest BCUT2D eigenvalue weighted by molar-refractivity contribution is -0.617. The third kappa shape index (κ3) is 5.90. The van der Waals surface area contributed by atoms with E-state index in [4.69, 9.17) is 0 Å². The first kappa shape index (κ1) is 28.9. The Bertz CT molecular complexity index is 1530. The Morgan fingerprint density at radius 2 is 1.57 bits per heavy atom. The van der Waals surface area contributed by atoms with Gasteiger partial charge in [0.25, 0.3) is 5.69 Å². The van der Waals surface area contributed by atoms with Gasteiger partial charge in [-0.3, -0.25) is 19.7 Å². The van der Waals surface area contributed by atoms with Crippen LogP contribution < -0.4 is 22.7 Å². The number of primary amides is 1. The molecule has 0 radical (unpaired) electrons. The summed E-state index contributed by atoms with van der Waals surface area (Å²) in [5.74, 6) is -1.75. The molecule has 10 heteroatoms. The van der Waals surface area contributed by atoms with Crippen molar-refractivity contribution in [3.8, 4) is 11.1 Å². The minimum atomic E-state index is -1.00. The van der Waals surface area contributed by atoms with Crippen LogP contribution in [0.15, 0.2) is 54.6 Å². The molecule has 0 atom stereocenters. The van der Waals surface area contributed by atoms with Gasteiger partial charge in [0.2, 0.25) is 16.9 Å². The maximum absolute atomic E-state index is 12.3. The first-order valence-electron chi connectivity index (χ1n) is 11.0. The minimum absolute atomic E-state index is 0. The Morgan fingerprint density at radius 1 is 1.00 bits per heavy atom. The lowest BCUT2D eigenvalue weighted by Gasteiger charge is -2.15. The second-order valence-corrected chi connectivity index (χ2v) is 8.51. The number of carboxylic acids is 1. The van der Waals surface area contributed by atoms with Crippen molar-refractivity contribution < 1.29 is 41.4 Å². The van der Waals surface area contributed by atoms with Crippen LogP contribution in [0, 0.1) is 24.0 Å². The smallest absolute Gasteiger partial charge is 0.337 e. The van der Waals surface area contributed by atoms with Crippen molar-refractivity contribution >= 4 is 45.2 Å². The van der Waals surface area contributed by atoms with E-state index in [1.54, 1.807) is 0 Å². The molecule has 3 N–H and O–H groups in total. The average molecular weight is 524 g/mol. The van der Waals surface area contributed by atoms with Crippen molar-refractivity contribution in [2.75, 3.05) is 0 Å². The van der Waals surface area contributed by atoms with Crippen molar-refractivity contribution in [1.29, 1.82) is 0 Å². The van der Waals surface area contributed by atoms with Crippen molar-refractivity contribution in [3.63, 3.8) is 0 Å². The number of carbonyl (C=O) groups excluding carboxylic acids is 2. The van der Waals surface area contributed by atoms with Gasteiger partial charge in [-0.1, -0.05) is 24.3 Å². The van der Waals surface area contributed by atoms with E-state index in [9.17, 15) is 29.6 Å². The van der Waals surface area contributed by atoms with Gasteiger partial charge in [0, 0.05) is 24.3 Å². The summed E-state index contributed by atoms with van der Waals surface area (Å²) in [4.78, 5) is 42.9. The van der Waals surface area contributed by atoms with Crippen LogP contribution in [0.2, 0.25) is 0 Å². The summed E-state index contributed by atoms with van der Waals surface area (Å²) in [7, 11) is 1.91. The van der Waals surface area contributed by atoms with Gasteiger partial charge in [-0.25, -0.2) is 4.79 Å². The number of para-hydroxylation sites is 1. The first-order valence-corrected chi connectivity index (χ1v) is 11.0. The van der Waals surface area contributed by atoms with Gasteiger partial charge in [0.1, 0.15) is 12.8 Å². The molecule has 1 aromatic heterocycles. The zero-order chi connectivity index (χ0) is 26.7. The van der Waals surface area contributed by atoms with Crippen LogP contribution in [-0.4, -0.2) is 27.7 Å². The molecule has 192 valence electrons. The van der Waals surface area contributed by atoms with Gasteiger partial charge < -0.3 is 23.2 Å². The number of fused-ring (bicyclic) bond motifs is 2. The first-order chi connectivity index (χ1) is 16.9. The van der Waals surface area contributed by atoms with Gasteiger partial charge in [0.05, 0.1) is 27.7 Å². The summed E-state index contributed by atoms with van der Waals surface area (Å²) in [6.45, 7) is 4.95. The molecular formula is C27H26ClN3O6. The molecule has 0 fully saturated rings. The predicted molar refractivity (Wildman–Crippen MR) is 136 cm³/mol. The summed E-state index contributed by atoms with van der Waals surface area (Å²) >= 11 is 0. The number of nitrogens with two attached hydrogens (primary N) is 1. The molecule has 0 aliphatic rings. The van der Waals surface area contributed by atoms with Gasteiger partial charge in [-0.2, -0.15) is 4.57 Å². The van der Waals surface area contributed by atoms with Crippen LogP contribution >= 0.6 is 0 Å². The number of nitro benzene ring substituents is 1. The minimum Gasteiger partial charge on any atom is -1.00 e. The number of hydrogen-bond donors (Lipinski definition) is 2. The number of nitrogens with zero attached hydrogens (tertiary/aromatic N) is 2. The zero-order valence-corrected chi connectivity index (χ0v) is 21.5. The van der Waals surface area contributed by atoms with E-state index in [1.165, 1.54) is 19.1 Å². The number of non-ortho nitro benzene ring substituents is 1. The summed E-state index contributed by atoms with van der Waals surface area (Å²) in [5, 5.41) is 22.6. The number of rotatable bonds is 5. The molecule has 0 unspecified atom stereocenters. The monoisotopic (exact) mass is 523 g/mol. The highest BCUT2D eigenvalue weighted by Gasteiger charge is 2.26. The third-order valence-corrected chi connectivity index (χ3v) is 5.82. The average Bonchev–Trinajstić information content (AvgIpc) is 2.78. The van der Waals surface area contributed by atoms with E-state index in [1.807, 2.05) is 67.9 Å². The van der Waals surface area contributed by atoms with E-state index in [2.05, 4.69) is 5.73 Å². The lowest BCUT2D eigenvalue weighted by atomic mass is 9.89. The summed E-state index contributed by atoms with van der Waals surface area (Å²) in [5.41, 5.74) is 9.55. The number of amides is 1. The summed E-state index contributed by atoms with van der Waals surface area (Å²) < 4.78 is 1.98. The third-order valence-electron chi connectivity index (χ3n) is 5.82. The van der Waals surface area contributed by atoms with E-state index in [0.717, 1.165) is 33.3 Å². The number of hydrogen-bond acceptors (Lipinski definition) is 5. The van der Waals surface area contributed by atoms with Crippen molar-refractivity contribution in [3.05, 3.63) is 81.4 Å². The van der Waals surface area contributed by atoms with Gasteiger partial charge in [0.15, 0.2) is 0 Å². The molecule has 3 aromatic carbocycles. The fraction of sp³-hybridized carbons (Fsp3) is 0.185. The molecule has 0 saturated heterocycles. The van der Waals surface area contributed by atoms with Crippen molar-refractivity contribution in [2.24, 2.45) is 12.8 Å². The van der Waals surface area contributed by atoms with E-state index < -0.39 is 16.8 Å². The quantitative estimate of drug-likeness (QED) is 0.132. The number of benzene rings is 3. The Labute approximate surface area is 219 Å². The predicted octanol–water partition coefficient (Wildman–Crippen LogP) is 1.16. The number of nitro groups is 1. The number of Topliss-reactive ketones (excluding diaryl/α,β-unsaturated/α-hetero) is 1. The number of pyridine rings is 1. The SMILES string of the molecule is CC(=O)CC(N)=O.Cc1cc([N+](=O)[O-])cc(C)c1-c1cccc2c1c(C(=O)O)c1ccccc1[n+]2C.[Cl-]. The molecule has 37 heavy (non-hydrogen) atoms. The Kier molecular flexibility index (Phi) is 9.03. The normalized spacial score (nSPS) is 10.3. The van der Waals surface area contributed by atoms with E-state index >= 15 is 0 Å². The highest BCUT2D eigenvalue weighted by molar-refractivity contribution is 6.16. The molecule has 1 amide bonds.